The molecule has 180 valence electrons. The van der Waals surface area contributed by atoms with E-state index in [0.717, 1.165) is 35.1 Å². The Labute approximate surface area is 198 Å². The number of amides is 2. The van der Waals surface area contributed by atoms with Gasteiger partial charge in [0.2, 0.25) is 5.91 Å². The Bertz CT molecular complexity index is 1020. The summed E-state index contributed by atoms with van der Waals surface area (Å²) in [6.45, 7) is 1.74. The van der Waals surface area contributed by atoms with Crippen molar-refractivity contribution in [3.8, 4) is 11.1 Å². The predicted octanol–water partition coefficient (Wildman–Crippen LogP) is 3.30. The molecule has 3 atom stereocenters. The lowest BCUT2D eigenvalue weighted by Crippen LogP contribution is -2.56. The van der Waals surface area contributed by atoms with Crippen LogP contribution in [-0.4, -0.2) is 55.0 Å². The van der Waals surface area contributed by atoms with Crippen molar-refractivity contribution in [3.63, 3.8) is 0 Å². The molecule has 2 amide bonds. The van der Waals surface area contributed by atoms with E-state index in [2.05, 4.69) is 22.8 Å². The van der Waals surface area contributed by atoms with Crippen LogP contribution in [0.1, 0.15) is 43.2 Å². The van der Waals surface area contributed by atoms with Gasteiger partial charge >= 0.3 is 12.1 Å². The summed E-state index contributed by atoms with van der Waals surface area (Å²) in [5.74, 6) is -1.50. The van der Waals surface area contributed by atoms with Crippen LogP contribution in [0.3, 0.4) is 0 Å². The van der Waals surface area contributed by atoms with E-state index in [4.69, 9.17) is 9.47 Å². The van der Waals surface area contributed by atoms with Crippen LogP contribution in [0.4, 0.5) is 4.79 Å². The highest BCUT2D eigenvalue weighted by Crippen LogP contribution is 2.44. The fraction of sp³-hybridized carbons (Fsp3) is 0.423. The quantitative estimate of drug-likeness (QED) is 0.495. The number of nitrogens with one attached hydrogen (secondary N) is 2. The first-order valence-corrected chi connectivity index (χ1v) is 11.6. The van der Waals surface area contributed by atoms with E-state index in [1.54, 1.807) is 6.92 Å². The van der Waals surface area contributed by atoms with Crippen LogP contribution < -0.4 is 10.6 Å². The molecule has 34 heavy (non-hydrogen) atoms. The number of hydrogen-bond acceptors (Lipinski definition) is 5. The SMILES string of the molecule is COC(C)C(NC(=O)OCC1c2ccccc2-c2ccccc21)C(=O)N[C@@H](CC1CC1)C(=O)O. The molecule has 2 aromatic carbocycles. The van der Waals surface area contributed by atoms with E-state index in [1.165, 1.54) is 7.11 Å². The molecule has 0 spiro atoms. The predicted molar refractivity (Wildman–Crippen MR) is 125 cm³/mol. The number of methoxy groups -OCH3 is 1. The lowest BCUT2D eigenvalue weighted by atomic mass is 9.98. The molecule has 8 nitrogen and oxygen atoms in total. The minimum Gasteiger partial charge on any atom is -0.480 e. The van der Waals surface area contributed by atoms with E-state index in [9.17, 15) is 19.5 Å². The smallest absolute Gasteiger partial charge is 0.407 e. The second-order valence-corrected chi connectivity index (χ2v) is 8.97. The minimum atomic E-state index is -1.10. The number of ether oxygens (including phenoxy) is 2. The summed E-state index contributed by atoms with van der Waals surface area (Å²) in [4.78, 5) is 37.1. The van der Waals surface area contributed by atoms with Gasteiger partial charge in [0.25, 0.3) is 0 Å². The molecule has 1 saturated carbocycles. The van der Waals surface area contributed by atoms with Gasteiger partial charge < -0.3 is 25.2 Å². The van der Waals surface area contributed by atoms with E-state index in [-0.39, 0.29) is 12.5 Å². The normalized spacial score (nSPS) is 17.1. The Balaban J connectivity index is 1.40. The van der Waals surface area contributed by atoms with E-state index in [1.807, 2.05) is 36.4 Å². The van der Waals surface area contributed by atoms with Gasteiger partial charge in [-0.15, -0.1) is 0 Å². The molecule has 2 aliphatic rings. The Morgan fingerprint density at radius 1 is 1.00 bits per heavy atom. The van der Waals surface area contributed by atoms with Gasteiger partial charge in [0.05, 0.1) is 6.10 Å². The largest absolute Gasteiger partial charge is 0.480 e. The Morgan fingerprint density at radius 3 is 2.12 bits per heavy atom. The van der Waals surface area contributed by atoms with Crippen LogP contribution in [0.25, 0.3) is 11.1 Å². The number of aliphatic carboxylic acids is 1. The van der Waals surface area contributed by atoms with Crippen molar-refractivity contribution < 1.29 is 29.0 Å². The van der Waals surface area contributed by atoms with Crippen LogP contribution in [0, 0.1) is 5.92 Å². The van der Waals surface area contributed by atoms with Gasteiger partial charge in [-0.25, -0.2) is 9.59 Å². The Hall–Kier alpha value is -3.39. The molecule has 2 unspecified atom stereocenters. The standard InChI is InChI=1S/C26H30N2O6/c1-15(33-2)23(24(29)27-22(25(30)31)13-16-11-12-16)28-26(32)34-14-21-19-9-5-3-7-17(19)18-8-4-6-10-20(18)21/h3-10,15-16,21-23H,11-14H2,1-2H3,(H,27,29)(H,28,32)(H,30,31)/t15?,22-,23?/m0/s1. The van der Waals surface area contributed by atoms with E-state index >= 15 is 0 Å². The molecule has 1 fully saturated rings. The molecule has 0 saturated heterocycles. The van der Waals surface area contributed by atoms with E-state index < -0.39 is 36.2 Å². The van der Waals surface area contributed by atoms with Crippen molar-refractivity contribution in [2.45, 2.75) is 50.3 Å². The summed E-state index contributed by atoms with van der Waals surface area (Å²) < 4.78 is 10.8. The third-order valence-electron chi connectivity index (χ3n) is 6.62. The van der Waals surface area contributed by atoms with Crippen LogP contribution in [0.15, 0.2) is 48.5 Å². The number of carbonyl (C=O) groups excluding carboxylic acids is 2. The zero-order chi connectivity index (χ0) is 24.2. The van der Waals surface area contributed by atoms with Gasteiger partial charge in [-0.1, -0.05) is 61.4 Å². The first-order chi connectivity index (χ1) is 16.4. The summed E-state index contributed by atoms with van der Waals surface area (Å²) in [6, 6.07) is 13.9. The summed E-state index contributed by atoms with van der Waals surface area (Å²) >= 11 is 0. The number of alkyl carbamates (subject to hydrolysis) is 1. The van der Waals surface area contributed by atoms with Crippen molar-refractivity contribution in [1.82, 2.24) is 10.6 Å². The maximum absolute atomic E-state index is 12.9. The van der Waals surface area contributed by atoms with Gasteiger partial charge in [-0.05, 0) is 41.5 Å². The van der Waals surface area contributed by atoms with Crippen molar-refractivity contribution in [2.24, 2.45) is 5.92 Å². The molecule has 8 heteroatoms. The summed E-state index contributed by atoms with van der Waals surface area (Å²) in [5.41, 5.74) is 4.40. The number of fused-ring (bicyclic) bond motifs is 3. The Morgan fingerprint density at radius 2 is 1.59 bits per heavy atom. The summed E-state index contributed by atoms with van der Waals surface area (Å²) in [5, 5.41) is 14.6. The molecular weight excluding hydrogens is 436 g/mol. The van der Waals surface area contributed by atoms with Crippen molar-refractivity contribution in [3.05, 3.63) is 59.7 Å². The third-order valence-corrected chi connectivity index (χ3v) is 6.62. The van der Waals surface area contributed by atoms with Crippen molar-refractivity contribution >= 4 is 18.0 Å². The van der Waals surface area contributed by atoms with Crippen LogP contribution in [0.2, 0.25) is 0 Å². The summed E-state index contributed by atoms with van der Waals surface area (Å²) in [6.07, 6.45) is 0.862. The zero-order valence-corrected chi connectivity index (χ0v) is 19.3. The van der Waals surface area contributed by atoms with Gasteiger partial charge in [0, 0.05) is 13.0 Å². The molecule has 0 aromatic heterocycles. The highest BCUT2D eigenvalue weighted by Gasteiger charge is 2.35. The third kappa shape index (κ3) is 5.22. The molecule has 0 radical (unpaired) electrons. The second kappa shape index (κ2) is 10.3. The highest BCUT2D eigenvalue weighted by atomic mass is 16.5. The average Bonchev–Trinajstić information content (AvgIpc) is 3.60. The van der Waals surface area contributed by atoms with Crippen LogP contribution in [-0.2, 0) is 19.1 Å². The number of benzene rings is 2. The molecule has 4 rings (SSSR count). The first-order valence-electron chi connectivity index (χ1n) is 11.6. The molecule has 2 aromatic rings. The number of hydrogen-bond donors (Lipinski definition) is 3. The fourth-order valence-electron chi connectivity index (χ4n) is 4.47. The lowest BCUT2D eigenvalue weighted by Gasteiger charge is -2.25. The molecule has 2 aliphatic carbocycles. The van der Waals surface area contributed by atoms with Crippen molar-refractivity contribution in [1.29, 1.82) is 0 Å². The maximum Gasteiger partial charge on any atom is 0.407 e. The van der Waals surface area contributed by atoms with Crippen LogP contribution in [0.5, 0.6) is 0 Å². The Kier molecular flexibility index (Phi) is 7.17. The number of rotatable bonds is 10. The maximum atomic E-state index is 12.9. The second-order valence-electron chi connectivity index (χ2n) is 8.97. The molecule has 0 heterocycles. The summed E-state index contributed by atoms with van der Waals surface area (Å²) in [7, 11) is 1.42. The number of carboxylic acids is 1. The van der Waals surface area contributed by atoms with Crippen LogP contribution >= 0.6 is 0 Å². The monoisotopic (exact) mass is 466 g/mol. The number of carbonyl (C=O) groups is 3. The topological polar surface area (TPSA) is 114 Å². The van der Waals surface area contributed by atoms with Gasteiger partial charge in [0.15, 0.2) is 0 Å². The highest BCUT2D eigenvalue weighted by molar-refractivity contribution is 5.89. The molecule has 0 aliphatic heterocycles. The average molecular weight is 467 g/mol. The lowest BCUT2D eigenvalue weighted by molar-refractivity contribution is -0.143. The van der Waals surface area contributed by atoms with E-state index in [0.29, 0.717) is 12.3 Å². The molecule has 0 bridgehead atoms. The fourth-order valence-corrected chi connectivity index (χ4v) is 4.47. The first kappa shape index (κ1) is 23.8. The molecule has 3 N–H and O–H groups in total. The minimum absolute atomic E-state index is 0.106. The number of carboxylic acid groups (broad SMARTS) is 1. The van der Waals surface area contributed by atoms with Gasteiger partial charge in [0.1, 0.15) is 18.7 Å². The van der Waals surface area contributed by atoms with Gasteiger partial charge in [-0.3, -0.25) is 4.79 Å². The van der Waals surface area contributed by atoms with Gasteiger partial charge in [-0.2, -0.15) is 0 Å². The molecular formula is C26H30N2O6. The van der Waals surface area contributed by atoms with Crippen molar-refractivity contribution in [2.75, 3.05) is 13.7 Å². The zero-order valence-electron chi connectivity index (χ0n) is 19.3.